The number of aryl methyl sites for hydroxylation is 1. The molecule has 0 saturated carbocycles. The van der Waals surface area contributed by atoms with Gasteiger partial charge in [-0.25, -0.2) is 4.98 Å². The molecular formula is C18H17BrF3N9O. The van der Waals surface area contributed by atoms with Crippen molar-refractivity contribution >= 4 is 39.4 Å². The van der Waals surface area contributed by atoms with Crippen LogP contribution in [0.25, 0.3) is 6.08 Å². The first kappa shape index (κ1) is 23.1. The lowest BCUT2D eigenvalue weighted by molar-refractivity contribution is -0.141. The number of nitrogens with one attached hydrogen (secondary N) is 2. The number of pyridine rings is 1. The fourth-order valence-corrected chi connectivity index (χ4v) is 3.08. The third-order valence-corrected chi connectivity index (χ3v) is 4.95. The molecule has 0 spiro atoms. The van der Waals surface area contributed by atoms with Gasteiger partial charge >= 0.3 is 6.18 Å². The van der Waals surface area contributed by atoms with Crippen molar-refractivity contribution in [3.63, 3.8) is 0 Å². The molecule has 1 amide bonds. The maximum atomic E-state index is 13.3. The Balaban J connectivity index is 2.03. The van der Waals surface area contributed by atoms with E-state index in [4.69, 9.17) is 5.73 Å². The molecule has 0 aliphatic rings. The minimum Gasteiger partial charge on any atom is -0.383 e. The second-order valence-corrected chi connectivity index (χ2v) is 7.49. The molecule has 0 saturated heterocycles. The van der Waals surface area contributed by atoms with E-state index in [0.29, 0.717) is 33.4 Å². The van der Waals surface area contributed by atoms with Crippen LogP contribution in [-0.4, -0.2) is 41.3 Å². The number of carbonyl (C=O) groups excluding carboxylic acids is 1. The lowest BCUT2D eigenvalue weighted by atomic mass is 10.1. The van der Waals surface area contributed by atoms with Gasteiger partial charge in [-0.2, -0.15) is 23.5 Å². The number of aromatic nitrogens is 7. The summed E-state index contributed by atoms with van der Waals surface area (Å²) < 4.78 is 41.8. The summed E-state index contributed by atoms with van der Waals surface area (Å²) in [6, 6.07) is 0.648. The standard InChI is InChI=1S/C18H17BrF3N9O/c1-4-10(19)5-11-12(6-13(18(20,21)22)24-16(11)23)17(32)25-15-8(2)28-31(9(15)3)7-14-26-29-30-27-14/h4-6H,1,7H2,2-3H3,(H2,23,24)(H,25,32)(H,26,27,29,30)/b10-5+. The Bertz CT molecular complexity index is 1200. The van der Waals surface area contributed by atoms with Crippen LogP contribution in [0.2, 0.25) is 0 Å². The normalized spacial score (nSPS) is 12.1. The number of tetrazole rings is 1. The first-order valence-electron chi connectivity index (χ1n) is 8.96. The van der Waals surface area contributed by atoms with Gasteiger partial charge in [0.25, 0.3) is 5.91 Å². The minimum absolute atomic E-state index is 0.0109. The van der Waals surface area contributed by atoms with Crippen LogP contribution in [0, 0.1) is 13.8 Å². The summed E-state index contributed by atoms with van der Waals surface area (Å²) >= 11 is 3.18. The summed E-state index contributed by atoms with van der Waals surface area (Å²) in [7, 11) is 0. The van der Waals surface area contributed by atoms with Crippen molar-refractivity contribution in [2.75, 3.05) is 11.1 Å². The predicted octanol–water partition coefficient (Wildman–Crippen LogP) is 3.23. The molecule has 0 aliphatic carbocycles. The van der Waals surface area contributed by atoms with Crippen molar-refractivity contribution in [1.82, 2.24) is 35.4 Å². The number of nitrogens with zero attached hydrogens (tertiary/aromatic N) is 6. The molecule has 3 aromatic heterocycles. The van der Waals surface area contributed by atoms with Crippen LogP contribution < -0.4 is 11.1 Å². The topological polar surface area (TPSA) is 140 Å². The summed E-state index contributed by atoms with van der Waals surface area (Å²) in [5.41, 5.74) is 5.50. The summed E-state index contributed by atoms with van der Waals surface area (Å²) in [6.07, 6.45) is -2.03. The summed E-state index contributed by atoms with van der Waals surface area (Å²) in [4.78, 5) is 16.5. The summed E-state index contributed by atoms with van der Waals surface area (Å²) in [5.74, 6) is -0.901. The van der Waals surface area contributed by atoms with Crippen LogP contribution in [0.3, 0.4) is 0 Å². The number of rotatable bonds is 6. The highest BCUT2D eigenvalue weighted by molar-refractivity contribution is 9.12. The van der Waals surface area contributed by atoms with Crippen molar-refractivity contribution in [3.05, 3.63) is 57.2 Å². The van der Waals surface area contributed by atoms with Gasteiger partial charge in [-0.05, 0) is 26.0 Å². The number of hydrogen-bond donors (Lipinski definition) is 3. The third kappa shape index (κ3) is 4.85. The smallest absolute Gasteiger partial charge is 0.383 e. The van der Waals surface area contributed by atoms with Crippen LogP contribution in [0.4, 0.5) is 24.7 Å². The SMILES string of the molecule is C=C/C(Br)=C\c1c(C(=O)Nc2c(C)nn(Cc3nn[nH]n3)c2C)cc(C(F)(F)F)nc1N. The van der Waals surface area contributed by atoms with E-state index in [-0.39, 0.29) is 17.7 Å². The Morgan fingerprint density at radius 3 is 2.72 bits per heavy atom. The molecule has 32 heavy (non-hydrogen) atoms. The molecule has 168 valence electrons. The van der Waals surface area contributed by atoms with Crippen molar-refractivity contribution in [2.45, 2.75) is 26.6 Å². The van der Waals surface area contributed by atoms with Gasteiger partial charge in [-0.15, -0.1) is 10.2 Å². The number of alkyl halides is 3. The molecule has 0 atom stereocenters. The molecule has 0 aliphatic heterocycles. The maximum Gasteiger partial charge on any atom is 0.433 e. The Morgan fingerprint density at radius 2 is 2.12 bits per heavy atom. The van der Waals surface area contributed by atoms with Crippen molar-refractivity contribution < 1.29 is 18.0 Å². The van der Waals surface area contributed by atoms with E-state index in [9.17, 15) is 18.0 Å². The molecule has 0 aromatic carbocycles. The van der Waals surface area contributed by atoms with Crippen molar-refractivity contribution in [2.24, 2.45) is 0 Å². The second kappa shape index (κ2) is 8.90. The highest BCUT2D eigenvalue weighted by Gasteiger charge is 2.35. The molecule has 0 radical (unpaired) electrons. The van der Waals surface area contributed by atoms with E-state index in [0.717, 1.165) is 0 Å². The zero-order valence-corrected chi connectivity index (χ0v) is 18.4. The van der Waals surface area contributed by atoms with Crippen molar-refractivity contribution in [3.8, 4) is 0 Å². The van der Waals surface area contributed by atoms with E-state index in [1.54, 1.807) is 13.8 Å². The number of amides is 1. The average Bonchev–Trinajstić information content (AvgIpc) is 3.32. The number of allylic oxidation sites excluding steroid dienone is 2. The number of hydrogen-bond acceptors (Lipinski definition) is 7. The number of nitrogens with two attached hydrogens (primary N) is 1. The zero-order valence-electron chi connectivity index (χ0n) is 16.8. The van der Waals surface area contributed by atoms with Crippen LogP contribution in [0.5, 0.6) is 0 Å². The van der Waals surface area contributed by atoms with Crippen LogP contribution in [0.1, 0.15) is 38.8 Å². The van der Waals surface area contributed by atoms with Gasteiger partial charge in [0.15, 0.2) is 5.82 Å². The monoisotopic (exact) mass is 511 g/mol. The van der Waals surface area contributed by atoms with E-state index in [1.165, 1.54) is 16.8 Å². The largest absolute Gasteiger partial charge is 0.433 e. The molecule has 14 heteroatoms. The van der Waals surface area contributed by atoms with Gasteiger partial charge in [-0.1, -0.05) is 33.8 Å². The Morgan fingerprint density at radius 1 is 1.41 bits per heavy atom. The quantitative estimate of drug-likeness (QED) is 0.431. The Labute approximate surface area is 187 Å². The maximum absolute atomic E-state index is 13.3. The molecule has 0 unspecified atom stereocenters. The van der Waals surface area contributed by atoms with Gasteiger partial charge in [-0.3, -0.25) is 9.48 Å². The lowest BCUT2D eigenvalue weighted by Crippen LogP contribution is -2.19. The Hall–Kier alpha value is -3.55. The summed E-state index contributed by atoms with van der Waals surface area (Å²) in [6.45, 7) is 7.07. The van der Waals surface area contributed by atoms with Crippen molar-refractivity contribution in [1.29, 1.82) is 0 Å². The first-order valence-corrected chi connectivity index (χ1v) is 9.75. The van der Waals surface area contributed by atoms with Crippen LogP contribution in [0.15, 0.2) is 23.2 Å². The molecule has 0 bridgehead atoms. The summed E-state index contributed by atoms with van der Waals surface area (Å²) in [5, 5.41) is 20.4. The van der Waals surface area contributed by atoms with Gasteiger partial charge in [0.05, 0.1) is 22.6 Å². The number of carbonyl (C=O) groups is 1. The van der Waals surface area contributed by atoms with Gasteiger partial charge in [0.1, 0.15) is 18.1 Å². The lowest BCUT2D eigenvalue weighted by Gasteiger charge is -2.14. The fraction of sp³-hybridized carbons (Fsp3) is 0.222. The predicted molar refractivity (Wildman–Crippen MR) is 114 cm³/mol. The number of halogens is 4. The zero-order chi connectivity index (χ0) is 23.6. The first-order chi connectivity index (χ1) is 15.0. The van der Waals surface area contributed by atoms with E-state index in [2.05, 4.69) is 58.5 Å². The van der Waals surface area contributed by atoms with E-state index >= 15 is 0 Å². The number of anilines is 2. The molecule has 3 aromatic rings. The van der Waals surface area contributed by atoms with Crippen LogP contribution >= 0.6 is 15.9 Å². The minimum atomic E-state index is -4.79. The second-order valence-electron chi connectivity index (χ2n) is 6.57. The average molecular weight is 512 g/mol. The van der Waals surface area contributed by atoms with E-state index < -0.39 is 23.6 Å². The highest BCUT2D eigenvalue weighted by atomic mass is 79.9. The molecular weight excluding hydrogens is 495 g/mol. The number of aromatic amines is 1. The van der Waals surface area contributed by atoms with Gasteiger partial charge in [0.2, 0.25) is 0 Å². The van der Waals surface area contributed by atoms with Gasteiger partial charge in [0, 0.05) is 10.0 Å². The van der Waals surface area contributed by atoms with Crippen LogP contribution in [-0.2, 0) is 12.7 Å². The number of H-pyrrole nitrogens is 1. The Kier molecular flexibility index (Phi) is 6.43. The third-order valence-electron chi connectivity index (χ3n) is 4.40. The fourth-order valence-electron chi connectivity index (χ4n) is 2.85. The highest BCUT2D eigenvalue weighted by Crippen LogP contribution is 2.32. The molecule has 3 rings (SSSR count). The van der Waals surface area contributed by atoms with Gasteiger partial charge < -0.3 is 11.1 Å². The molecule has 3 heterocycles. The molecule has 0 fully saturated rings. The molecule has 4 N–H and O–H groups in total. The van der Waals surface area contributed by atoms with E-state index in [1.807, 2.05) is 0 Å². The number of nitrogen functional groups attached to an aromatic ring is 1. The molecule has 10 nitrogen and oxygen atoms in total.